The zero-order valence-corrected chi connectivity index (χ0v) is 10.9. The van der Waals surface area contributed by atoms with Gasteiger partial charge in [-0.3, -0.25) is 0 Å². The molecule has 0 spiro atoms. The highest BCUT2D eigenvalue weighted by atomic mass is 32.1. The molecule has 0 aliphatic rings. The van der Waals surface area contributed by atoms with Crippen LogP contribution in [0.15, 0.2) is 41.8 Å². The Balaban J connectivity index is 1.89. The molecule has 0 saturated heterocycles. The molecule has 92 valence electrons. The van der Waals surface area contributed by atoms with E-state index in [9.17, 15) is 0 Å². The van der Waals surface area contributed by atoms with E-state index < -0.39 is 0 Å². The topological polar surface area (TPSA) is 35.2 Å². The monoisotopic (exact) mass is 257 g/mol. The van der Waals surface area contributed by atoms with Crippen LogP contribution in [0.5, 0.6) is 0 Å². The molecule has 0 bridgehead atoms. The minimum atomic E-state index is 0.388. The van der Waals surface area contributed by atoms with Crippen LogP contribution in [0.3, 0.4) is 0 Å². The van der Waals surface area contributed by atoms with Crippen molar-refractivity contribution in [2.75, 3.05) is 6.54 Å². The van der Waals surface area contributed by atoms with Crippen molar-refractivity contribution in [1.82, 2.24) is 0 Å². The van der Waals surface area contributed by atoms with Gasteiger partial charge in [0.05, 0.1) is 19.8 Å². The molecule has 1 aromatic heterocycles. The molecule has 2 N–H and O–H groups in total. The molecule has 0 radical (unpaired) electrons. The van der Waals surface area contributed by atoms with Crippen LogP contribution >= 0.6 is 11.3 Å². The highest BCUT2D eigenvalue weighted by Crippen LogP contribution is 2.12. The van der Waals surface area contributed by atoms with E-state index in [2.05, 4.69) is 23.3 Å². The molecule has 0 aliphatic carbocycles. The Bertz CT molecular complexity index is 537. The van der Waals surface area contributed by atoms with Crippen molar-refractivity contribution in [2.45, 2.75) is 13.2 Å². The van der Waals surface area contributed by atoms with Crippen LogP contribution in [-0.2, 0) is 18.0 Å². The van der Waals surface area contributed by atoms with E-state index in [0.29, 0.717) is 19.8 Å². The molecule has 2 rings (SSSR count). The van der Waals surface area contributed by atoms with Crippen molar-refractivity contribution in [2.24, 2.45) is 5.73 Å². The molecule has 1 heterocycles. The first kappa shape index (κ1) is 12.8. The van der Waals surface area contributed by atoms with E-state index in [0.717, 1.165) is 11.1 Å². The molecule has 0 atom stereocenters. The third-order valence-corrected chi connectivity index (χ3v) is 3.20. The average Bonchev–Trinajstić information content (AvgIpc) is 2.90. The van der Waals surface area contributed by atoms with E-state index in [1.54, 1.807) is 11.3 Å². The number of thiophene rings is 1. The largest absolute Gasteiger partial charge is 0.371 e. The fourth-order valence-electron chi connectivity index (χ4n) is 1.56. The third kappa shape index (κ3) is 4.01. The van der Waals surface area contributed by atoms with Gasteiger partial charge in [0.25, 0.3) is 0 Å². The van der Waals surface area contributed by atoms with Crippen molar-refractivity contribution in [1.29, 1.82) is 0 Å². The Hall–Kier alpha value is -1.60. The average molecular weight is 257 g/mol. The molecule has 0 saturated carbocycles. The lowest BCUT2D eigenvalue weighted by atomic mass is 10.1. The van der Waals surface area contributed by atoms with Crippen molar-refractivity contribution in [3.05, 3.63) is 57.8 Å². The number of hydrogen-bond donors (Lipinski definition) is 1. The first-order valence-electron chi connectivity index (χ1n) is 5.76. The van der Waals surface area contributed by atoms with Gasteiger partial charge in [-0.2, -0.15) is 0 Å². The first-order valence-corrected chi connectivity index (χ1v) is 6.64. The Morgan fingerprint density at radius 1 is 1.17 bits per heavy atom. The molecule has 0 amide bonds. The lowest BCUT2D eigenvalue weighted by Crippen LogP contribution is -1.94. The van der Waals surface area contributed by atoms with Gasteiger partial charge in [-0.05, 0) is 29.1 Å². The van der Waals surface area contributed by atoms with Crippen molar-refractivity contribution >= 4 is 11.3 Å². The van der Waals surface area contributed by atoms with E-state index in [1.165, 1.54) is 4.88 Å². The number of hydrogen-bond acceptors (Lipinski definition) is 3. The maximum atomic E-state index is 5.66. The fraction of sp³-hybridized carbons (Fsp3) is 0.200. The van der Waals surface area contributed by atoms with Gasteiger partial charge in [-0.15, -0.1) is 11.3 Å². The van der Waals surface area contributed by atoms with E-state index in [4.69, 9.17) is 10.5 Å². The summed E-state index contributed by atoms with van der Waals surface area (Å²) < 4.78 is 5.66. The standard InChI is InChI=1S/C15H15NOS/c16-8-2-6-13-4-1-5-14(10-13)11-17-12-15-7-3-9-18-15/h1,3-5,7,9-10H,8,11-12,16H2. The summed E-state index contributed by atoms with van der Waals surface area (Å²) >= 11 is 1.71. The zero-order chi connectivity index (χ0) is 12.6. The Morgan fingerprint density at radius 2 is 2.11 bits per heavy atom. The second-order valence-corrected chi connectivity index (χ2v) is 4.81. The van der Waals surface area contributed by atoms with Crippen molar-refractivity contribution in [3.63, 3.8) is 0 Å². The van der Waals surface area contributed by atoms with Crippen LogP contribution < -0.4 is 5.73 Å². The van der Waals surface area contributed by atoms with Crippen LogP contribution in [0.4, 0.5) is 0 Å². The fourth-order valence-corrected chi connectivity index (χ4v) is 2.20. The maximum absolute atomic E-state index is 5.66. The third-order valence-electron chi connectivity index (χ3n) is 2.35. The lowest BCUT2D eigenvalue weighted by molar-refractivity contribution is 0.109. The van der Waals surface area contributed by atoms with Crippen LogP contribution in [0.2, 0.25) is 0 Å². The summed E-state index contributed by atoms with van der Waals surface area (Å²) in [5.41, 5.74) is 7.47. The minimum Gasteiger partial charge on any atom is -0.371 e. The summed E-state index contributed by atoms with van der Waals surface area (Å²) in [5.74, 6) is 5.87. The Morgan fingerprint density at radius 3 is 2.89 bits per heavy atom. The normalized spacial score (nSPS) is 9.83. The molecular formula is C15H15NOS. The predicted octanol–water partition coefficient (Wildman–Crippen LogP) is 2.78. The summed E-state index contributed by atoms with van der Waals surface area (Å²) in [6.45, 7) is 1.66. The van der Waals surface area contributed by atoms with Gasteiger partial charge in [-0.1, -0.05) is 30.0 Å². The smallest absolute Gasteiger partial charge is 0.0813 e. The lowest BCUT2D eigenvalue weighted by Gasteiger charge is -2.03. The Labute approximate surface area is 111 Å². The molecule has 2 nitrogen and oxygen atoms in total. The van der Waals surface area contributed by atoms with Crippen LogP contribution in [0, 0.1) is 11.8 Å². The number of rotatable bonds is 4. The highest BCUT2D eigenvalue weighted by molar-refractivity contribution is 7.09. The minimum absolute atomic E-state index is 0.388. The van der Waals surface area contributed by atoms with Gasteiger partial charge in [0.15, 0.2) is 0 Å². The van der Waals surface area contributed by atoms with Gasteiger partial charge in [0.1, 0.15) is 0 Å². The molecule has 0 fully saturated rings. The summed E-state index contributed by atoms with van der Waals surface area (Å²) in [4.78, 5) is 1.24. The maximum Gasteiger partial charge on any atom is 0.0813 e. The van der Waals surface area contributed by atoms with Gasteiger partial charge >= 0.3 is 0 Å². The predicted molar refractivity (Wildman–Crippen MR) is 75.2 cm³/mol. The Kier molecular flexibility index (Phi) is 4.98. The van der Waals surface area contributed by atoms with Gasteiger partial charge < -0.3 is 10.5 Å². The van der Waals surface area contributed by atoms with Gasteiger partial charge in [0, 0.05) is 10.4 Å². The first-order chi connectivity index (χ1) is 8.88. The molecule has 0 aliphatic heterocycles. The van der Waals surface area contributed by atoms with Gasteiger partial charge in [-0.25, -0.2) is 0 Å². The number of nitrogens with two attached hydrogens (primary N) is 1. The van der Waals surface area contributed by atoms with Crippen LogP contribution in [-0.4, -0.2) is 6.54 Å². The quantitative estimate of drug-likeness (QED) is 0.855. The van der Waals surface area contributed by atoms with E-state index >= 15 is 0 Å². The SMILES string of the molecule is NCC#Cc1cccc(COCc2cccs2)c1. The summed E-state index contributed by atoms with van der Waals surface area (Å²) in [6.07, 6.45) is 0. The molecule has 3 heteroatoms. The van der Waals surface area contributed by atoms with Crippen LogP contribution in [0.25, 0.3) is 0 Å². The van der Waals surface area contributed by atoms with Crippen molar-refractivity contribution < 1.29 is 4.74 Å². The summed E-state index contributed by atoms with van der Waals surface area (Å²) in [7, 11) is 0. The zero-order valence-electron chi connectivity index (χ0n) is 10.1. The molecule has 2 aromatic rings. The second kappa shape index (κ2) is 6.97. The molecule has 18 heavy (non-hydrogen) atoms. The summed E-state index contributed by atoms with van der Waals surface area (Å²) in [5, 5.41) is 2.06. The second-order valence-electron chi connectivity index (χ2n) is 3.78. The summed E-state index contributed by atoms with van der Waals surface area (Å²) in [6, 6.07) is 12.2. The molecule has 1 aromatic carbocycles. The van der Waals surface area contributed by atoms with Gasteiger partial charge in [0.2, 0.25) is 0 Å². The van der Waals surface area contributed by atoms with E-state index in [-0.39, 0.29) is 0 Å². The van der Waals surface area contributed by atoms with Crippen LogP contribution in [0.1, 0.15) is 16.0 Å². The van der Waals surface area contributed by atoms with Crippen molar-refractivity contribution in [3.8, 4) is 11.8 Å². The number of ether oxygens (including phenoxy) is 1. The molecular weight excluding hydrogens is 242 g/mol. The highest BCUT2D eigenvalue weighted by Gasteiger charge is 1.97. The van der Waals surface area contributed by atoms with E-state index in [1.807, 2.05) is 30.3 Å². The molecule has 0 unspecified atom stereocenters. The number of benzene rings is 1.